The number of benzene rings is 1. The van der Waals surface area contributed by atoms with E-state index in [-0.39, 0.29) is 23.0 Å². The first-order valence-electron chi connectivity index (χ1n) is 8.72. The number of aryl methyl sites for hydroxylation is 1. The van der Waals surface area contributed by atoms with Crippen molar-refractivity contribution >= 4 is 22.8 Å². The molecule has 2 heterocycles. The van der Waals surface area contributed by atoms with Gasteiger partial charge < -0.3 is 25.0 Å². The first-order chi connectivity index (χ1) is 13.6. The Morgan fingerprint density at radius 3 is 2.69 bits per heavy atom. The van der Waals surface area contributed by atoms with Gasteiger partial charge in [0.05, 0.1) is 29.1 Å². The zero-order valence-electron chi connectivity index (χ0n) is 15.3. The summed E-state index contributed by atoms with van der Waals surface area (Å²) in [5.74, 6) is 0.426. The minimum Gasteiger partial charge on any atom is -0.755 e. The number of nitrogens with one attached hydrogen (secondary N) is 3. The molecule has 1 aliphatic rings. The van der Waals surface area contributed by atoms with Crippen LogP contribution in [-0.4, -0.2) is 49.3 Å². The Labute approximate surface area is 167 Å². The summed E-state index contributed by atoms with van der Waals surface area (Å²) in [6.45, 7) is 2.99. The Bertz CT molecular complexity index is 912. The zero-order chi connectivity index (χ0) is 21.2. The zero-order valence-corrected chi connectivity index (χ0v) is 16.1. The van der Waals surface area contributed by atoms with E-state index in [0.29, 0.717) is 37.0 Å². The van der Waals surface area contributed by atoms with Crippen LogP contribution in [0.15, 0.2) is 24.3 Å². The van der Waals surface area contributed by atoms with Gasteiger partial charge in [-0.15, -0.1) is 10.2 Å². The third kappa shape index (κ3) is 5.21. The molecule has 1 saturated heterocycles. The molecule has 1 aliphatic heterocycles. The highest BCUT2D eigenvalue weighted by molar-refractivity contribution is 7.80. The van der Waals surface area contributed by atoms with Crippen molar-refractivity contribution in [3.05, 3.63) is 35.4 Å². The van der Waals surface area contributed by atoms with Gasteiger partial charge in [0.1, 0.15) is 0 Å². The number of aromatic nitrogens is 2. The maximum absolute atomic E-state index is 13.0. The predicted molar refractivity (Wildman–Crippen MR) is 101 cm³/mol. The smallest absolute Gasteiger partial charge is 0.416 e. The summed E-state index contributed by atoms with van der Waals surface area (Å²) in [6.07, 6.45) is -4.58. The van der Waals surface area contributed by atoms with E-state index in [1.165, 1.54) is 0 Å². The van der Waals surface area contributed by atoms with Crippen molar-refractivity contribution in [2.75, 3.05) is 23.1 Å². The number of nitrogens with zero attached hydrogens (tertiary/aromatic N) is 2. The Morgan fingerprint density at radius 1 is 1.31 bits per heavy atom. The molecule has 1 unspecified atom stereocenters. The molecular weight excluding hydrogens is 411 g/mol. The first-order valence-corrected chi connectivity index (χ1v) is 9.80. The number of piperidine rings is 1. The lowest BCUT2D eigenvalue weighted by molar-refractivity contribution is -0.137. The Hall–Kier alpha value is -2.28. The molecule has 1 fully saturated rings. The largest absolute Gasteiger partial charge is 0.755 e. The van der Waals surface area contributed by atoms with Crippen LogP contribution >= 0.6 is 0 Å². The van der Waals surface area contributed by atoms with Crippen LogP contribution in [0.4, 0.5) is 24.7 Å². The van der Waals surface area contributed by atoms with Gasteiger partial charge in [0.25, 0.3) is 0 Å². The van der Waals surface area contributed by atoms with Crippen molar-refractivity contribution in [2.45, 2.75) is 31.7 Å². The highest BCUT2D eigenvalue weighted by Crippen LogP contribution is 2.36. The molecule has 0 aliphatic carbocycles. The molecule has 2 aromatic rings. The molecular formula is C17H19F3N5O3S-. The summed E-state index contributed by atoms with van der Waals surface area (Å²) in [4.78, 5) is 0. The number of alkyl halides is 3. The number of aliphatic hydroxyl groups is 1. The highest BCUT2D eigenvalue weighted by Gasteiger charge is 2.31. The van der Waals surface area contributed by atoms with E-state index in [2.05, 4.69) is 20.8 Å². The number of hydrogen-bond acceptors (Lipinski definition) is 7. The van der Waals surface area contributed by atoms with Crippen LogP contribution in [0, 0.1) is 6.92 Å². The Kier molecular flexibility index (Phi) is 6.36. The summed E-state index contributed by atoms with van der Waals surface area (Å²) in [6, 6.07) is 4.02. The molecule has 12 heteroatoms. The molecule has 29 heavy (non-hydrogen) atoms. The number of anilines is 2. The summed E-state index contributed by atoms with van der Waals surface area (Å²) < 4.78 is 62.9. The van der Waals surface area contributed by atoms with Crippen molar-refractivity contribution in [1.82, 2.24) is 15.5 Å². The second kappa shape index (κ2) is 8.61. The average Bonchev–Trinajstić information content (AvgIpc) is 2.64. The highest BCUT2D eigenvalue weighted by atomic mass is 32.2. The lowest BCUT2D eigenvalue weighted by Crippen LogP contribution is -2.48. The fraction of sp³-hybridized carbons (Fsp3) is 0.412. The van der Waals surface area contributed by atoms with Gasteiger partial charge in [0, 0.05) is 23.4 Å². The fourth-order valence-corrected chi connectivity index (χ4v) is 3.39. The maximum atomic E-state index is 13.0. The summed E-state index contributed by atoms with van der Waals surface area (Å²) in [5, 5.41) is 24.4. The van der Waals surface area contributed by atoms with Gasteiger partial charge in [0.15, 0.2) is 5.82 Å². The van der Waals surface area contributed by atoms with Gasteiger partial charge in [0.2, 0.25) is 0 Å². The standard InChI is InChI=1S/C17H20F3N5O3S/c1-9-6-12(23-24-16(9)22-14-8-21-5-4-15(14)26)11-3-2-10(17(18,19)20)7-13(11)25-29(27)28/h2-3,6-7,14-15,21,25-26H,4-5,8H2,1H3,(H,22,24)(H,27,28)/p-1/t14-,15+/m0/s1. The van der Waals surface area contributed by atoms with Crippen molar-refractivity contribution < 1.29 is 27.0 Å². The van der Waals surface area contributed by atoms with Crippen LogP contribution in [-0.2, 0) is 17.4 Å². The molecule has 3 atom stereocenters. The average molecular weight is 430 g/mol. The van der Waals surface area contributed by atoms with E-state index in [4.69, 9.17) is 0 Å². The first kappa shape index (κ1) is 21.4. The van der Waals surface area contributed by atoms with Crippen LogP contribution in [0.25, 0.3) is 11.3 Å². The quantitative estimate of drug-likeness (QED) is 0.534. The SMILES string of the molecule is Cc1cc(-c2ccc(C(F)(F)F)cc2NS(=O)[O-])nnc1N[C@H]1CNCC[C@H]1O. The van der Waals surface area contributed by atoms with Gasteiger partial charge in [-0.25, -0.2) is 0 Å². The monoisotopic (exact) mass is 430 g/mol. The van der Waals surface area contributed by atoms with Crippen LogP contribution in [0.1, 0.15) is 17.5 Å². The number of halogens is 3. The Morgan fingerprint density at radius 2 is 2.07 bits per heavy atom. The molecule has 0 spiro atoms. The van der Waals surface area contributed by atoms with Crippen molar-refractivity contribution in [3.8, 4) is 11.3 Å². The maximum Gasteiger partial charge on any atom is 0.416 e. The van der Waals surface area contributed by atoms with E-state index in [0.717, 1.165) is 12.1 Å². The Balaban J connectivity index is 1.91. The van der Waals surface area contributed by atoms with Crippen molar-refractivity contribution in [2.24, 2.45) is 0 Å². The van der Waals surface area contributed by atoms with Gasteiger partial charge in [-0.2, -0.15) is 13.2 Å². The number of rotatable bonds is 5. The minimum atomic E-state index is -4.62. The second-order valence-electron chi connectivity index (χ2n) is 6.67. The molecule has 158 valence electrons. The van der Waals surface area contributed by atoms with Crippen LogP contribution < -0.4 is 15.4 Å². The normalized spacial score (nSPS) is 20.9. The van der Waals surface area contributed by atoms with Gasteiger partial charge >= 0.3 is 6.18 Å². The summed E-state index contributed by atoms with van der Waals surface area (Å²) in [5.41, 5.74) is -0.243. The molecule has 0 bridgehead atoms. The van der Waals surface area contributed by atoms with Gasteiger partial charge in [-0.3, -0.25) is 4.21 Å². The van der Waals surface area contributed by atoms with Crippen LogP contribution in [0.2, 0.25) is 0 Å². The third-order valence-electron chi connectivity index (χ3n) is 4.57. The van der Waals surface area contributed by atoms with Gasteiger partial charge in [-0.05, 0) is 43.7 Å². The second-order valence-corrected chi connectivity index (χ2v) is 7.34. The van der Waals surface area contributed by atoms with E-state index in [1.807, 2.05) is 4.72 Å². The lowest BCUT2D eigenvalue weighted by atomic mass is 10.0. The number of hydrogen-bond donors (Lipinski definition) is 4. The predicted octanol–water partition coefficient (Wildman–Crippen LogP) is 1.81. The van der Waals surface area contributed by atoms with E-state index in [1.54, 1.807) is 13.0 Å². The lowest BCUT2D eigenvalue weighted by Gasteiger charge is -2.29. The topological polar surface area (TPSA) is 122 Å². The molecule has 8 nitrogen and oxygen atoms in total. The fourth-order valence-electron chi connectivity index (χ4n) is 3.05. The third-order valence-corrected chi connectivity index (χ3v) is 4.95. The van der Waals surface area contributed by atoms with Crippen LogP contribution in [0.5, 0.6) is 0 Å². The van der Waals surface area contributed by atoms with E-state index in [9.17, 15) is 27.0 Å². The summed E-state index contributed by atoms with van der Waals surface area (Å²) >= 11 is -2.82. The van der Waals surface area contributed by atoms with E-state index < -0.39 is 29.1 Å². The minimum absolute atomic E-state index is 0.156. The van der Waals surface area contributed by atoms with Crippen LogP contribution in [0.3, 0.4) is 0 Å². The molecule has 0 amide bonds. The molecule has 3 rings (SSSR count). The summed E-state index contributed by atoms with van der Waals surface area (Å²) in [7, 11) is 0. The molecule has 0 saturated carbocycles. The molecule has 4 N–H and O–H groups in total. The number of aliphatic hydroxyl groups excluding tert-OH is 1. The molecule has 1 aromatic heterocycles. The van der Waals surface area contributed by atoms with Crippen molar-refractivity contribution in [1.29, 1.82) is 0 Å². The van der Waals surface area contributed by atoms with Gasteiger partial charge in [-0.1, -0.05) is 6.07 Å². The molecule has 0 radical (unpaired) electrons. The van der Waals surface area contributed by atoms with Crippen molar-refractivity contribution in [3.63, 3.8) is 0 Å². The molecule has 1 aromatic carbocycles. The van der Waals surface area contributed by atoms with E-state index >= 15 is 0 Å².